The fourth-order valence-corrected chi connectivity index (χ4v) is 8.81. The summed E-state index contributed by atoms with van der Waals surface area (Å²) in [5, 5.41) is 0. The van der Waals surface area contributed by atoms with Crippen LogP contribution in [-0.2, 0) is 51.3 Å². The molecule has 14 nitrogen and oxygen atoms in total. The van der Waals surface area contributed by atoms with Crippen molar-refractivity contribution in [2.75, 3.05) is 29.5 Å². The third-order valence-electron chi connectivity index (χ3n) is 9.32. The van der Waals surface area contributed by atoms with Gasteiger partial charge in [-0.2, -0.15) is 13.0 Å². The van der Waals surface area contributed by atoms with Crippen LogP contribution >= 0.6 is 0 Å². The topological polar surface area (TPSA) is 232 Å². The average molecular weight is 928 g/mol. The Morgan fingerprint density at radius 1 is 0.679 bits per heavy atom. The van der Waals surface area contributed by atoms with Gasteiger partial charge in [-0.15, -0.1) is 0 Å². The third kappa shape index (κ3) is 14.8. The number of fused-ring (bicyclic) bond motifs is 2. The summed E-state index contributed by atoms with van der Waals surface area (Å²) in [6.45, 7) is 8.20. The molecule has 0 saturated heterocycles. The molecule has 1 N–H and O–H groups in total. The summed E-state index contributed by atoms with van der Waals surface area (Å²) in [7, 11) is -18.0. The Hall–Kier alpha value is 1.42. The van der Waals surface area contributed by atoms with E-state index in [9.17, 15) is 51.9 Å². The minimum absolute atomic E-state index is 0. The Labute approximate surface area is 458 Å². The summed E-state index contributed by atoms with van der Waals surface area (Å²) in [6, 6.07) is 8.40. The maximum absolute atomic E-state index is 11.9. The molecule has 2 aliphatic heterocycles. The largest absolute Gasteiger partial charge is 1.00 e. The third-order valence-corrected chi connectivity index (χ3v) is 12.6. The molecule has 0 amide bonds. The van der Waals surface area contributed by atoms with Gasteiger partial charge in [0.15, 0.2) is 5.71 Å². The van der Waals surface area contributed by atoms with Crippen molar-refractivity contribution in [3.63, 3.8) is 0 Å². The Morgan fingerprint density at radius 3 is 1.79 bits per heavy atom. The van der Waals surface area contributed by atoms with Crippen molar-refractivity contribution in [1.29, 1.82) is 0 Å². The molecule has 4 rings (SSSR count). The zero-order valence-corrected chi connectivity index (χ0v) is 45.3. The van der Waals surface area contributed by atoms with Crippen LogP contribution in [0.2, 0.25) is 0 Å². The van der Waals surface area contributed by atoms with Gasteiger partial charge in [0.25, 0.3) is 10.1 Å². The fraction of sp³-hybridized carbons (Fsp3) is 0.400. The second kappa shape index (κ2) is 22.2. The minimum atomic E-state index is -4.72. The summed E-state index contributed by atoms with van der Waals surface area (Å²) in [5.74, 6) is -1.02. The molecule has 0 fully saturated rings. The minimum Gasteiger partial charge on any atom is -0.748 e. The standard InChI is InChI=1S/C35H44N2O12S4.3K/c1-34(2)28-24-26(52(44,45)46)16-18-30(28)36(20-10-12-22-50(38,39)40)32(34)14-8-6-5-7-9-15-33-35(3,4)29-25-27(53(47,48)49)17-19-31(29)37(33)21-11-13-23-51(41,42)43;;;/h5-9,14-19,24-25H,10-13,20-23H2,1-4H3,(H3-,38,39,40,41,42,43,44,45,46,47,48,49);;;/q;3*+1/p-2. The molecule has 0 spiro atoms. The van der Waals surface area contributed by atoms with Crippen LogP contribution in [0.15, 0.2) is 94.4 Å². The van der Waals surface area contributed by atoms with Crippen molar-refractivity contribution < 1.29 is 211 Å². The molecule has 0 aromatic heterocycles. The van der Waals surface area contributed by atoms with Crippen LogP contribution in [0.4, 0.5) is 11.4 Å². The molecule has 0 atom stereocenters. The van der Waals surface area contributed by atoms with Gasteiger partial charge in [-0.1, -0.05) is 44.2 Å². The molecule has 0 unspecified atom stereocenters. The molecule has 2 aromatic rings. The first-order valence-corrected chi connectivity index (χ1v) is 22.6. The molecule has 0 radical (unpaired) electrons. The van der Waals surface area contributed by atoms with Crippen molar-refractivity contribution in [1.82, 2.24) is 0 Å². The van der Waals surface area contributed by atoms with Crippen molar-refractivity contribution in [3.8, 4) is 0 Å². The molecule has 0 bridgehead atoms. The Balaban J connectivity index is 0.00000523. The van der Waals surface area contributed by atoms with E-state index in [2.05, 4.69) is 0 Å². The summed E-state index contributed by atoms with van der Waals surface area (Å²) in [5.41, 5.74) is 2.64. The Bertz CT molecular complexity index is 2370. The normalized spacial score (nSPS) is 17.3. The first-order valence-electron chi connectivity index (χ1n) is 16.6. The van der Waals surface area contributed by atoms with E-state index in [0.29, 0.717) is 48.4 Å². The van der Waals surface area contributed by atoms with E-state index in [1.165, 1.54) is 24.3 Å². The van der Waals surface area contributed by atoms with Crippen LogP contribution in [0.1, 0.15) is 64.5 Å². The molecule has 0 saturated carbocycles. The van der Waals surface area contributed by atoms with Gasteiger partial charge in [0, 0.05) is 59.0 Å². The number of benzene rings is 2. The van der Waals surface area contributed by atoms with E-state index in [1.807, 2.05) is 49.3 Å². The quantitative estimate of drug-likeness (QED) is 0.0549. The van der Waals surface area contributed by atoms with E-state index in [-0.39, 0.29) is 177 Å². The smallest absolute Gasteiger partial charge is 0.748 e. The predicted molar refractivity (Wildman–Crippen MR) is 197 cm³/mol. The molecule has 2 aromatic carbocycles. The summed E-state index contributed by atoms with van der Waals surface area (Å²) in [6.07, 6.45) is 13.5. The molecule has 56 heavy (non-hydrogen) atoms. The van der Waals surface area contributed by atoms with Crippen molar-refractivity contribution in [3.05, 3.63) is 95.8 Å². The van der Waals surface area contributed by atoms with Crippen LogP contribution < -0.4 is 159 Å². The van der Waals surface area contributed by atoms with Crippen LogP contribution in [0.5, 0.6) is 0 Å². The molecular formula is C35H42K3N2O12S4+. The Kier molecular flexibility index (Phi) is 21.9. The van der Waals surface area contributed by atoms with Crippen molar-refractivity contribution >= 4 is 57.6 Å². The molecule has 2 heterocycles. The number of unbranched alkanes of at least 4 members (excludes halogenated alkanes) is 2. The summed E-state index contributed by atoms with van der Waals surface area (Å²) < 4.78 is 137. The van der Waals surface area contributed by atoms with Gasteiger partial charge in [-0.25, -0.2) is 25.3 Å². The van der Waals surface area contributed by atoms with Crippen LogP contribution in [-0.4, -0.2) is 86.8 Å². The summed E-state index contributed by atoms with van der Waals surface area (Å²) in [4.78, 5) is 1.30. The van der Waals surface area contributed by atoms with E-state index < -0.39 is 62.8 Å². The predicted octanol–water partition coefficient (Wildman–Crippen LogP) is -4.77. The Morgan fingerprint density at radius 2 is 1.21 bits per heavy atom. The zero-order valence-electron chi connectivity index (χ0n) is 32.6. The number of anilines is 1. The van der Waals surface area contributed by atoms with Gasteiger partial charge in [0.2, 0.25) is 5.69 Å². The maximum Gasteiger partial charge on any atom is 1.00 e. The van der Waals surface area contributed by atoms with Gasteiger partial charge in [0.1, 0.15) is 16.7 Å². The molecule has 21 heteroatoms. The first kappa shape index (κ1) is 55.4. The van der Waals surface area contributed by atoms with Crippen LogP contribution in [0, 0.1) is 0 Å². The molecule has 2 aliphatic rings. The molecule has 0 aliphatic carbocycles. The summed E-state index contributed by atoms with van der Waals surface area (Å²) >= 11 is 0. The second-order valence-corrected chi connectivity index (χ2v) is 19.7. The number of allylic oxidation sites excluding steroid dienone is 8. The fourth-order valence-electron chi connectivity index (χ4n) is 6.69. The van der Waals surface area contributed by atoms with E-state index in [1.54, 1.807) is 42.5 Å². The van der Waals surface area contributed by atoms with Gasteiger partial charge in [-0.05, 0) is 75.1 Å². The van der Waals surface area contributed by atoms with Crippen LogP contribution in [0.3, 0.4) is 0 Å². The first-order chi connectivity index (χ1) is 24.3. The van der Waals surface area contributed by atoms with Crippen molar-refractivity contribution in [2.24, 2.45) is 0 Å². The molecule has 290 valence electrons. The van der Waals surface area contributed by atoms with Gasteiger partial charge < -0.3 is 18.6 Å². The maximum atomic E-state index is 11.9. The van der Waals surface area contributed by atoms with E-state index in [4.69, 9.17) is 0 Å². The number of hydrogen-bond donors (Lipinski definition) is 1. The zero-order chi connectivity index (χ0) is 39.6. The number of hydrogen-bond acceptors (Lipinski definition) is 12. The van der Waals surface area contributed by atoms with Gasteiger partial charge >= 0.3 is 154 Å². The van der Waals surface area contributed by atoms with Crippen molar-refractivity contribution in [2.45, 2.75) is 74.0 Å². The SMILES string of the molecule is CC1(C)C(=CC=CC=CC=CC2=[N+](CCCCS(=O)(=O)[O-])c3ccc(S(=O)(=O)[O-])cc3C2(C)C)N(CCCCS(=O)(=O)[O-])c2ccc(S(=O)(=O)O)cc21.[K+].[K+].[K+]. The monoisotopic (exact) mass is 927 g/mol. The number of rotatable bonds is 16. The number of nitrogens with zero attached hydrogens (tertiary/aromatic N) is 2. The van der Waals surface area contributed by atoms with E-state index in [0.717, 1.165) is 11.4 Å². The van der Waals surface area contributed by atoms with Gasteiger partial charge in [0.05, 0.1) is 35.4 Å². The van der Waals surface area contributed by atoms with E-state index >= 15 is 0 Å². The van der Waals surface area contributed by atoms with Gasteiger partial charge in [-0.3, -0.25) is 4.55 Å². The second-order valence-electron chi connectivity index (χ2n) is 13.8. The van der Waals surface area contributed by atoms with Crippen LogP contribution in [0.25, 0.3) is 0 Å². The average Bonchev–Trinajstić information content (AvgIpc) is 3.36. The molecular weight excluding hydrogens is 886 g/mol.